The first-order chi connectivity index (χ1) is 40.7. The van der Waals surface area contributed by atoms with E-state index >= 15 is 0 Å². The molecule has 1 aromatic carbocycles. The molecule has 4 saturated heterocycles. The maximum absolute atomic E-state index is 14.4. The fourth-order valence-electron chi connectivity index (χ4n) is 10.7. The van der Waals surface area contributed by atoms with Gasteiger partial charge < -0.3 is 87.7 Å². The van der Waals surface area contributed by atoms with Gasteiger partial charge in [-0.1, -0.05) is 70.0 Å². The molecule has 19 atom stereocenters. The van der Waals surface area contributed by atoms with Crippen molar-refractivity contribution in [2.45, 2.75) is 187 Å². The van der Waals surface area contributed by atoms with Gasteiger partial charge in [0, 0.05) is 49.2 Å². The summed E-state index contributed by atoms with van der Waals surface area (Å²) in [5.74, 6) is 11.5. The topological polar surface area (TPSA) is 308 Å². The summed E-state index contributed by atoms with van der Waals surface area (Å²) in [6, 6.07) is -1.26. The van der Waals surface area contributed by atoms with Crippen molar-refractivity contribution in [1.29, 1.82) is 0 Å². The zero-order chi connectivity index (χ0) is 61.4. The smallest absolute Gasteiger partial charge is 0.411 e. The number of methoxy groups -OCH3 is 5. The highest BCUT2D eigenvalue weighted by Crippen LogP contribution is 2.49. The largest absolute Gasteiger partial charge is 0.492 e. The quantitative estimate of drug-likeness (QED) is 0.0272. The number of fused-ring (bicyclic) bond motifs is 2. The summed E-state index contributed by atoms with van der Waals surface area (Å²) in [6.45, 7) is 9.44. The normalized spacial score (nSPS) is 36.1. The Morgan fingerprint density at radius 1 is 0.871 bits per heavy atom. The van der Waals surface area contributed by atoms with Crippen LogP contribution in [0.15, 0.2) is 35.1 Å². The molecule has 4 aliphatic heterocycles. The molecule has 0 aromatic heterocycles. The van der Waals surface area contributed by atoms with E-state index in [2.05, 4.69) is 39.8 Å². The van der Waals surface area contributed by atoms with E-state index in [0.717, 1.165) is 31.7 Å². The molecule has 5 fully saturated rings. The Kier molecular flexibility index (Phi) is 24.3. The van der Waals surface area contributed by atoms with Crippen molar-refractivity contribution in [2.75, 3.05) is 54.5 Å². The van der Waals surface area contributed by atoms with Crippen LogP contribution in [0.5, 0.6) is 17.2 Å². The summed E-state index contributed by atoms with van der Waals surface area (Å²) < 4.78 is 72.7. The van der Waals surface area contributed by atoms with E-state index < -0.39 is 127 Å². The first-order valence-corrected chi connectivity index (χ1v) is 32.2. The van der Waals surface area contributed by atoms with Crippen LogP contribution >= 0.6 is 55.9 Å². The molecule has 85 heavy (non-hydrogen) atoms. The lowest BCUT2D eigenvalue weighted by atomic mass is 9.75. The van der Waals surface area contributed by atoms with Crippen LogP contribution in [-0.2, 0) is 52.3 Å². The predicted molar refractivity (Wildman–Crippen MR) is 319 cm³/mol. The van der Waals surface area contributed by atoms with Crippen LogP contribution in [0.4, 0.5) is 4.79 Å². The van der Waals surface area contributed by atoms with E-state index in [1.165, 1.54) is 33.5 Å². The van der Waals surface area contributed by atoms with Gasteiger partial charge >= 0.3 is 6.09 Å². The standard InChI is InChI=1S/C57H76IN3O21S3/c1-11-59-32-25-75-37(23-36(32)70-6)80-50-45(65)42(27(3)77-55(50)79-35-16-14-12-13-15-20-57(69)24-34(63)43(60-56(68)74-10)40(35)31(57)19-21-83-85-30-17-18-30)61-82-38-22-33(62)52(29(5)76-38)84-53(67)39-26(2)41(58)48(51(73-9)47(39)71-7)81-54-46(66)49(72-8)44(64)28(4)78-54/h12-13,19,27-30,32-33,35-38,42,44-46,49-50,52,54-55,59,61-62,64-66,69H,11,17-18,21-25H2,1-10H3,(H,60,68)/b13-12?,31-19+/t27-,28+,29-,32+,33+,35+,36+,37+,38+,42-,44+,45+,46-,49-,50-,52-,54+,55+,57+/m1/s1. The third kappa shape index (κ3) is 15.7. The van der Waals surface area contributed by atoms with Crippen LogP contribution in [-0.4, -0.2) is 217 Å². The first kappa shape index (κ1) is 67.6. The molecule has 0 spiro atoms. The molecule has 24 nitrogen and oxygen atoms in total. The number of carbonyl (C=O) groups excluding carboxylic acids is 3. The minimum absolute atomic E-state index is 0.00512. The van der Waals surface area contributed by atoms with Crippen molar-refractivity contribution in [3.05, 3.63) is 49.8 Å². The first-order valence-electron chi connectivity index (χ1n) is 27.9. The Labute approximate surface area is 519 Å². The van der Waals surface area contributed by atoms with Crippen molar-refractivity contribution in [3.63, 3.8) is 0 Å². The summed E-state index contributed by atoms with van der Waals surface area (Å²) in [6.07, 6.45) is -11.4. The average molecular weight is 1360 g/mol. The number of hydrogen-bond acceptors (Lipinski definition) is 26. The molecular formula is C57H76IN3O21S3. The molecule has 4 heterocycles. The number of halogens is 1. The van der Waals surface area contributed by atoms with E-state index in [1.807, 2.05) is 29.5 Å². The number of hydrogen-bond donors (Lipinski definition) is 8. The Morgan fingerprint density at radius 2 is 1.60 bits per heavy atom. The number of hydroxylamine groups is 1. The maximum Gasteiger partial charge on any atom is 0.411 e. The van der Waals surface area contributed by atoms with Gasteiger partial charge in [0.05, 0.1) is 97.0 Å². The molecule has 3 aliphatic carbocycles. The lowest BCUT2D eigenvalue weighted by molar-refractivity contribution is -0.336. The van der Waals surface area contributed by atoms with E-state index in [4.69, 9.17) is 61.7 Å². The van der Waals surface area contributed by atoms with Crippen molar-refractivity contribution >= 4 is 72.9 Å². The number of thioether (sulfide) groups is 1. The van der Waals surface area contributed by atoms with E-state index in [9.17, 15) is 39.9 Å². The third-order valence-electron chi connectivity index (χ3n) is 15.4. The number of allylic oxidation sites excluding steroid dienone is 3. The minimum Gasteiger partial charge on any atom is -0.492 e. The lowest BCUT2D eigenvalue weighted by Crippen LogP contribution is -2.65. The summed E-state index contributed by atoms with van der Waals surface area (Å²) in [4.78, 5) is 47.7. The molecular weight excluding hydrogens is 1290 g/mol. The van der Waals surface area contributed by atoms with E-state index in [0.29, 0.717) is 26.7 Å². The second-order valence-electron chi connectivity index (χ2n) is 21.1. The predicted octanol–water partition coefficient (Wildman–Crippen LogP) is 3.08. The van der Waals surface area contributed by atoms with Crippen molar-refractivity contribution < 1.29 is 102 Å². The van der Waals surface area contributed by atoms with Crippen LogP contribution in [0.3, 0.4) is 0 Å². The number of Topliss-reactive ketones (excluding diaryl/α,β-unsaturated/α-hetero) is 1. The molecule has 1 saturated carbocycles. The van der Waals surface area contributed by atoms with Gasteiger partial charge in [-0.2, -0.15) is 5.48 Å². The minimum atomic E-state index is -2.04. The Hall–Kier alpha value is -3.29. The number of benzene rings is 1. The molecule has 2 bridgehead atoms. The average Bonchev–Trinajstić information content (AvgIpc) is 2.59. The van der Waals surface area contributed by atoms with Gasteiger partial charge in [0.2, 0.25) is 17.2 Å². The van der Waals surface area contributed by atoms with E-state index in [-0.39, 0.29) is 71.2 Å². The van der Waals surface area contributed by atoms with Gasteiger partial charge in [-0.3, -0.25) is 19.7 Å². The van der Waals surface area contributed by atoms with Crippen LogP contribution < -0.4 is 30.3 Å². The molecule has 0 radical (unpaired) electrons. The second-order valence-corrected chi connectivity index (χ2v) is 26.1. The van der Waals surface area contributed by atoms with Gasteiger partial charge in [-0.15, -0.1) is 0 Å². The number of rotatable bonds is 22. The summed E-state index contributed by atoms with van der Waals surface area (Å²) >= 11 is 2.83. The molecule has 1 aromatic rings. The van der Waals surface area contributed by atoms with Gasteiger partial charge in [-0.05, 0) is 87.4 Å². The number of aliphatic hydroxyl groups excluding tert-OH is 4. The summed E-state index contributed by atoms with van der Waals surface area (Å²) in [7, 11) is 10.1. The molecule has 0 unspecified atom stereocenters. The summed E-state index contributed by atoms with van der Waals surface area (Å²) in [5, 5.41) is 63.3. The highest BCUT2D eigenvalue weighted by molar-refractivity contribution is 14.1. The van der Waals surface area contributed by atoms with Crippen LogP contribution in [0.2, 0.25) is 0 Å². The number of likely N-dealkylation sites (N-methyl/N-ethyl adjacent to an activating group) is 1. The molecule has 8 N–H and O–H groups in total. The Morgan fingerprint density at radius 3 is 2.27 bits per heavy atom. The zero-order valence-electron chi connectivity index (χ0n) is 48.7. The molecule has 1 amide bonds. The highest BCUT2D eigenvalue weighted by atomic mass is 127. The fraction of sp³-hybridized carbons (Fsp3) is 0.667. The number of ketones is 1. The van der Waals surface area contributed by atoms with Crippen LogP contribution in [0, 0.1) is 34.2 Å². The Bertz CT molecular complexity index is 2780. The zero-order valence-corrected chi connectivity index (χ0v) is 53.3. The monoisotopic (exact) mass is 1360 g/mol. The van der Waals surface area contributed by atoms with Crippen LogP contribution in [0.1, 0.15) is 75.7 Å². The van der Waals surface area contributed by atoms with Crippen molar-refractivity contribution in [3.8, 4) is 40.9 Å². The number of carbonyl (C=O) groups is 3. The van der Waals surface area contributed by atoms with Gasteiger partial charge in [-0.25, -0.2) is 4.79 Å². The Balaban J connectivity index is 1.02. The SMILES string of the molecule is CCN[C@H]1CO[C@@H](O[C@H]2[C@H](O[C@H]3C#CC=CC#C[C@]4(O)CC(=O)C(NC(=O)OC)=C3/C4=C\CSSC3CC3)O[C@H](C)[C@@H](NO[C@H]3C[C@H](O)[C@H](SC(=O)c4c(C)c(I)c(O[C@@H]5O[C@@H](C)[C@H](O)[C@@H](OC)[C@H]5O)c(OC)c4OC)[C@@H](C)O3)[C@@H]2O)C[C@@H]1OC. The fourth-order valence-corrected chi connectivity index (χ4v) is 14.9. The molecule has 28 heteroatoms. The number of ether oxygens (including phenoxy) is 12. The number of aliphatic hydroxyl groups is 5. The number of alkyl carbamates (subject to hydrolysis) is 1. The highest BCUT2D eigenvalue weighted by Gasteiger charge is 2.52. The number of nitrogens with one attached hydrogen (secondary N) is 3. The molecule has 7 aliphatic rings. The van der Waals surface area contributed by atoms with Crippen LogP contribution in [0.25, 0.3) is 0 Å². The maximum atomic E-state index is 14.4. The lowest BCUT2D eigenvalue weighted by Gasteiger charge is -2.46. The van der Waals surface area contributed by atoms with Gasteiger partial charge in [0.1, 0.15) is 36.6 Å². The number of amides is 1. The van der Waals surface area contributed by atoms with Crippen molar-refractivity contribution in [1.82, 2.24) is 16.1 Å². The molecule has 470 valence electrons. The van der Waals surface area contributed by atoms with Crippen molar-refractivity contribution in [2.24, 2.45) is 0 Å². The summed E-state index contributed by atoms with van der Waals surface area (Å²) in [5.41, 5.74) is 1.39. The molecule has 8 rings (SSSR count). The second kappa shape index (κ2) is 30.5. The van der Waals surface area contributed by atoms with Gasteiger partial charge in [0.25, 0.3) is 0 Å². The van der Waals surface area contributed by atoms with E-state index in [1.54, 1.807) is 62.5 Å². The van der Waals surface area contributed by atoms with Gasteiger partial charge in [0.15, 0.2) is 41.8 Å². The third-order valence-corrected chi connectivity index (χ3v) is 20.9.